The van der Waals surface area contributed by atoms with Crippen molar-refractivity contribution in [3.63, 3.8) is 0 Å². The lowest BCUT2D eigenvalue weighted by atomic mass is 10.0. The summed E-state index contributed by atoms with van der Waals surface area (Å²) in [5, 5.41) is 8.93. The molecule has 0 unspecified atom stereocenters. The topological polar surface area (TPSA) is 93.1 Å². The maximum absolute atomic E-state index is 13.5. The highest BCUT2D eigenvalue weighted by Gasteiger charge is 2.27. The van der Waals surface area contributed by atoms with Crippen LogP contribution in [0.3, 0.4) is 0 Å². The van der Waals surface area contributed by atoms with Gasteiger partial charge in [0, 0.05) is 43.0 Å². The number of ketones is 2. The van der Waals surface area contributed by atoms with Gasteiger partial charge in [0.2, 0.25) is 0 Å². The summed E-state index contributed by atoms with van der Waals surface area (Å²) in [7, 11) is 0. The minimum absolute atomic E-state index is 0.0672. The molecule has 1 aliphatic rings. The normalized spacial score (nSPS) is 15.3. The van der Waals surface area contributed by atoms with Gasteiger partial charge in [-0.05, 0) is 57.5 Å². The van der Waals surface area contributed by atoms with E-state index in [1.54, 1.807) is 26.0 Å². The highest BCUT2D eigenvalue weighted by atomic mass is 32.2. The summed E-state index contributed by atoms with van der Waals surface area (Å²) in [5.41, 5.74) is 3.15. The molecule has 0 radical (unpaired) electrons. The first-order valence-electron chi connectivity index (χ1n) is 11.7. The second-order valence-electron chi connectivity index (χ2n) is 8.72. The fourth-order valence-electron chi connectivity index (χ4n) is 4.40. The number of ether oxygens (including phenoxy) is 1. The predicted molar refractivity (Wildman–Crippen MR) is 133 cm³/mol. The summed E-state index contributed by atoms with van der Waals surface area (Å²) in [6, 6.07) is 6.17. The molecule has 8 nitrogen and oxygen atoms in total. The van der Waals surface area contributed by atoms with Gasteiger partial charge in [-0.1, -0.05) is 11.8 Å². The maximum atomic E-state index is 13.5. The molecular formula is C25H30FN5O3S. The molecule has 1 aliphatic heterocycles. The van der Waals surface area contributed by atoms with Crippen LogP contribution in [0.25, 0.3) is 11.4 Å². The van der Waals surface area contributed by atoms with E-state index in [2.05, 4.69) is 20.1 Å². The van der Waals surface area contributed by atoms with E-state index in [1.165, 1.54) is 30.8 Å². The van der Waals surface area contributed by atoms with Crippen molar-refractivity contribution in [3.8, 4) is 11.4 Å². The van der Waals surface area contributed by atoms with Gasteiger partial charge in [0.25, 0.3) is 0 Å². The quantitative estimate of drug-likeness (QED) is 0.352. The van der Waals surface area contributed by atoms with Gasteiger partial charge < -0.3 is 14.3 Å². The van der Waals surface area contributed by atoms with E-state index >= 15 is 0 Å². The number of H-pyrrole nitrogens is 1. The van der Waals surface area contributed by atoms with Crippen LogP contribution in [-0.2, 0) is 11.3 Å². The highest BCUT2D eigenvalue weighted by Crippen LogP contribution is 2.30. The van der Waals surface area contributed by atoms with Gasteiger partial charge >= 0.3 is 0 Å². The third-order valence-corrected chi connectivity index (χ3v) is 7.33. The third kappa shape index (κ3) is 5.55. The molecule has 0 saturated carbocycles. The van der Waals surface area contributed by atoms with Crippen molar-refractivity contribution in [2.75, 3.05) is 32.8 Å². The Balaban J connectivity index is 1.59. The third-order valence-electron chi connectivity index (χ3n) is 6.25. The van der Waals surface area contributed by atoms with E-state index in [1.807, 2.05) is 11.5 Å². The Kier molecular flexibility index (Phi) is 7.83. The number of nitrogens with zero attached hydrogens (tertiary/aromatic N) is 4. The van der Waals surface area contributed by atoms with Crippen molar-refractivity contribution in [2.24, 2.45) is 0 Å². The molecule has 0 spiro atoms. The number of aryl methyl sites for hydroxylation is 1. The monoisotopic (exact) mass is 499 g/mol. The van der Waals surface area contributed by atoms with Crippen LogP contribution in [0.5, 0.6) is 0 Å². The zero-order valence-electron chi connectivity index (χ0n) is 20.4. The fraction of sp³-hybridized carbons (Fsp3) is 0.440. The molecule has 1 N–H and O–H groups in total. The zero-order valence-corrected chi connectivity index (χ0v) is 21.2. The average molecular weight is 500 g/mol. The number of hydrogen-bond donors (Lipinski definition) is 1. The molecule has 35 heavy (non-hydrogen) atoms. The van der Waals surface area contributed by atoms with Gasteiger partial charge in [0.1, 0.15) is 5.82 Å². The largest absolute Gasteiger partial charge is 0.379 e. The molecule has 1 fully saturated rings. The molecule has 1 atom stereocenters. The Bertz CT molecular complexity index is 1210. The van der Waals surface area contributed by atoms with Crippen molar-refractivity contribution in [1.29, 1.82) is 0 Å². The number of Topliss-reactive ketones (excluding diaryl/α,β-unsaturated/α-hetero) is 2. The van der Waals surface area contributed by atoms with Gasteiger partial charge in [-0.15, -0.1) is 10.2 Å². The van der Waals surface area contributed by atoms with E-state index in [4.69, 9.17) is 4.74 Å². The van der Waals surface area contributed by atoms with Crippen molar-refractivity contribution in [3.05, 3.63) is 52.6 Å². The lowest BCUT2D eigenvalue weighted by Crippen LogP contribution is -2.38. The minimum Gasteiger partial charge on any atom is -0.379 e. The van der Waals surface area contributed by atoms with E-state index in [-0.39, 0.29) is 17.4 Å². The summed E-state index contributed by atoms with van der Waals surface area (Å²) in [5.74, 6) is 0.145. The number of nitrogens with one attached hydrogen (secondary N) is 1. The summed E-state index contributed by atoms with van der Waals surface area (Å²) in [6.07, 6.45) is 0. The van der Waals surface area contributed by atoms with E-state index in [9.17, 15) is 14.0 Å². The van der Waals surface area contributed by atoms with Gasteiger partial charge in [0.15, 0.2) is 22.5 Å². The van der Waals surface area contributed by atoms with Crippen LogP contribution in [0, 0.1) is 19.7 Å². The van der Waals surface area contributed by atoms with Crippen molar-refractivity contribution in [2.45, 2.75) is 44.6 Å². The summed E-state index contributed by atoms with van der Waals surface area (Å²) in [4.78, 5) is 30.7. The molecule has 0 amide bonds. The molecule has 1 aromatic carbocycles. The summed E-state index contributed by atoms with van der Waals surface area (Å²) < 4.78 is 20.9. The number of carbonyl (C=O) groups excluding carboxylic acids is 2. The second kappa shape index (κ2) is 10.8. The molecular weight excluding hydrogens is 469 g/mol. The van der Waals surface area contributed by atoms with Crippen molar-refractivity contribution < 1.29 is 18.7 Å². The van der Waals surface area contributed by atoms with Gasteiger partial charge in [-0.25, -0.2) is 4.39 Å². The first-order chi connectivity index (χ1) is 16.8. The summed E-state index contributed by atoms with van der Waals surface area (Å²) >= 11 is 1.33. The maximum Gasteiger partial charge on any atom is 0.192 e. The van der Waals surface area contributed by atoms with Gasteiger partial charge in [-0.3, -0.25) is 14.5 Å². The number of benzene rings is 1. The summed E-state index contributed by atoms with van der Waals surface area (Å²) in [6.45, 7) is 11.5. The standard InChI is InChI=1S/C25H30FN5O3S/c1-15-21(17(3)32)16(2)27-22(15)23(33)18(4)35-25-29-28-24(19-5-7-20(26)8-6-19)31(25)10-9-30-11-13-34-14-12-30/h5-8,18,27H,9-14H2,1-4H3/t18-/m0/s1. The molecule has 3 aromatic rings. The Hall–Kier alpha value is -2.82. The zero-order chi connectivity index (χ0) is 25.1. The number of halogens is 1. The van der Waals surface area contributed by atoms with Crippen LogP contribution in [0.15, 0.2) is 29.4 Å². The number of thioether (sulfide) groups is 1. The number of morpholine rings is 1. The van der Waals surface area contributed by atoms with E-state index in [0.29, 0.717) is 53.3 Å². The average Bonchev–Trinajstić information content (AvgIpc) is 3.37. The fourth-order valence-corrected chi connectivity index (χ4v) is 5.33. The number of aromatic nitrogens is 4. The minimum atomic E-state index is -0.459. The second-order valence-corrected chi connectivity index (χ2v) is 10.0. The Morgan fingerprint density at radius 2 is 1.83 bits per heavy atom. The first-order valence-corrected chi connectivity index (χ1v) is 12.5. The Morgan fingerprint density at radius 1 is 1.14 bits per heavy atom. The highest BCUT2D eigenvalue weighted by molar-refractivity contribution is 8.00. The molecule has 0 bridgehead atoms. The molecule has 3 heterocycles. The number of rotatable bonds is 9. The van der Waals surface area contributed by atoms with Crippen LogP contribution in [0.4, 0.5) is 4.39 Å². The van der Waals surface area contributed by atoms with Crippen molar-refractivity contribution >= 4 is 23.3 Å². The van der Waals surface area contributed by atoms with Crippen LogP contribution < -0.4 is 0 Å². The molecule has 10 heteroatoms. The SMILES string of the molecule is CC(=O)c1c(C)[nH]c(C(=O)[C@H](C)Sc2nnc(-c3ccc(F)cc3)n2CCN2CCOCC2)c1C. The smallest absolute Gasteiger partial charge is 0.192 e. The van der Waals surface area contributed by atoms with E-state index < -0.39 is 5.25 Å². The lowest BCUT2D eigenvalue weighted by Gasteiger charge is -2.27. The number of hydrogen-bond acceptors (Lipinski definition) is 7. The van der Waals surface area contributed by atoms with Crippen LogP contribution in [-0.4, -0.2) is 74.3 Å². The van der Waals surface area contributed by atoms with Crippen LogP contribution in [0.1, 0.15) is 46.0 Å². The molecule has 4 rings (SSSR count). The predicted octanol–water partition coefficient (Wildman–Crippen LogP) is 3.93. The number of aromatic amines is 1. The Labute approximate surface area is 208 Å². The molecule has 0 aliphatic carbocycles. The van der Waals surface area contributed by atoms with Crippen molar-refractivity contribution in [1.82, 2.24) is 24.6 Å². The molecule has 186 valence electrons. The first kappa shape index (κ1) is 25.3. The van der Waals surface area contributed by atoms with Crippen LogP contribution in [0.2, 0.25) is 0 Å². The molecule has 2 aromatic heterocycles. The Morgan fingerprint density at radius 3 is 2.46 bits per heavy atom. The lowest BCUT2D eigenvalue weighted by molar-refractivity contribution is 0.0361. The van der Waals surface area contributed by atoms with E-state index in [0.717, 1.165) is 25.2 Å². The molecule has 1 saturated heterocycles. The van der Waals surface area contributed by atoms with Gasteiger partial charge in [-0.2, -0.15) is 0 Å². The van der Waals surface area contributed by atoms with Gasteiger partial charge in [0.05, 0.1) is 24.2 Å². The van der Waals surface area contributed by atoms with Crippen LogP contribution >= 0.6 is 11.8 Å². The number of carbonyl (C=O) groups is 2.